The maximum Gasteiger partial charge on any atom is 0.119 e. The second-order valence-corrected chi connectivity index (χ2v) is 12.0. The lowest BCUT2D eigenvalue weighted by Crippen LogP contribution is -2.53. The van der Waals surface area contributed by atoms with Crippen LogP contribution in [0, 0.1) is 0 Å². The molecule has 0 unspecified atom stereocenters. The minimum Gasteiger partial charge on any atom is -0.389 e. The Hall–Kier alpha value is -1.46. The first kappa shape index (κ1) is 18.9. The van der Waals surface area contributed by atoms with Crippen LogP contribution in [-0.4, -0.2) is 33.1 Å². The van der Waals surface area contributed by atoms with Gasteiger partial charge in [0.1, 0.15) is 14.2 Å². The standard InChI is InChI=1S/C20H28O3Si/c1-20(21,18-13-9-6-10-14-18)24(3,4)16-23-19(15-22-2)17-11-7-5-8-12-17/h5-14,19,21H,15-16H2,1-4H3/t19-,20-/m1/s1. The summed E-state index contributed by atoms with van der Waals surface area (Å²) in [5.41, 5.74) is 2.05. The molecule has 1 N–H and O–H groups in total. The topological polar surface area (TPSA) is 38.7 Å². The zero-order valence-electron chi connectivity index (χ0n) is 15.0. The van der Waals surface area contributed by atoms with Crippen molar-refractivity contribution in [3.63, 3.8) is 0 Å². The Morgan fingerprint density at radius 2 is 1.54 bits per heavy atom. The molecule has 0 aliphatic carbocycles. The molecule has 0 radical (unpaired) electrons. The third-order valence-corrected chi connectivity index (χ3v) is 8.60. The molecule has 0 spiro atoms. The Morgan fingerprint density at radius 1 is 1.00 bits per heavy atom. The van der Waals surface area contributed by atoms with Gasteiger partial charge in [0.25, 0.3) is 0 Å². The molecule has 4 heteroatoms. The average Bonchev–Trinajstić information content (AvgIpc) is 2.60. The van der Waals surface area contributed by atoms with Crippen molar-refractivity contribution in [3.8, 4) is 0 Å². The van der Waals surface area contributed by atoms with Crippen LogP contribution in [0.5, 0.6) is 0 Å². The second-order valence-electron chi connectivity index (χ2n) is 6.99. The van der Waals surface area contributed by atoms with Crippen molar-refractivity contribution in [2.24, 2.45) is 0 Å². The highest BCUT2D eigenvalue weighted by molar-refractivity contribution is 6.79. The van der Waals surface area contributed by atoms with Crippen molar-refractivity contribution >= 4 is 8.07 Å². The number of methoxy groups -OCH3 is 1. The normalized spacial score (nSPS) is 15.7. The first-order valence-electron chi connectivity index (χ1n) is 8.32. The van der Waals surface area contributed by atoms with Gasteiger partial charge in [0.05, 0.1) is 11.8 Å². The van der Waals surface area contributed by atoms with Gasteiger partial charge < -0.3 is 14.6 Å². The molecule has 0 aromatic heterocycles. The lowest BCUT2D eigenvalue weighted by Gasteiger charge is -2.39. The molecule has 3 nitrogen and oxygen atoms in total. The van der Waals surface area contributed by atoms with Crippen LogP contribution < -0.4 is 0 Å². The Labute approximate surface area is 146 Å². The Balaban J connectivity index is 2.12. The molecular formula is C20H28O3Si. The molecule has 2 rings (SSSR count). The fourth-order valence-electron chi connectivity index (χ4n) is 2.66. The number of rotatable bonds is 8. The van der Waals surface area contributed by atoms with E-state index < -0.39 is 13.3 Å². The average molecular weight is 345 g/mol. The number of aliphatic hydroxyl groups is 1. The molecule has 24 heavy (non-hydrogen) atoms. The molecular weight excluding hydrogens is 316 g/mol. The summed E-state index contributed by atoms with van der Waals surface area (Å²) in [7, 11) is -0.436. The Kier molecular flexibility index (Phi) is 6.35. The van der Waals surface area contributed by atoms with Gasteiger partial charge in [-0.1, -0.05) is 73.8 Å². The van der Waals surface area contributed by atoms with Crippen molar-refractivity contribution < 1.29 is 14.6 Å². The van der Waals surface area contributed by atoms with Crippen molar-refractivity contribution in [1.29, 1.82) is 0 Å². The maximum absolute atomic E-state index is 11.2. The van der Waals surface area contributed by atoms with Crippen LogP contribution in [0.4, 0.5) is 0 Å². The molecule has 0 fully saturated rings. The summed E-state index contributed by atoms with van der Waals surface area (Å²) in [5, 5.41) is 10.3. The highest BCUT2D eigenvalue weighted by Crippen LogP contribution is 2.32. The van der Waals surface area contributed by atoms with Gasteiger partial charge in [-0.25, -0.2) is 0 Å². The summed E-state index contributed by atoms with van der Waals surface area (Å²) < 4.78 is 11.5. The Morgan fingerprint density at radius 3 is 2.08 bits per heavy atom. The number of benzene rings is 2. The zero-order chi connectivity index (χ0) is 17.6. The summed E-state index contributed by atoms with van der Waals surface area (Å²) in [6.45, 7) is 6.73. The molecule has 130 valence electrons. The van der Waals surface area contributed by atoms with Crippen LogP contribution in [0.25, 0.3) is 0 Å². The van der Waals surface area contributed by atoms with Crippen molar-refractivity contribution in [1.82, 2.24) is 0 Å². The van der Waals surface area contributed by atoms with Crippen LogP contribution in [0.15, 0.2) is 60.7 Å². The van der Waals surface area contributed by atoms with E-state index >= 15 is 0 Å². The fraction of sp³-hybridized carbons (Fsp3) is 0.400. The van der Waals surface area contributed by atoms with E-state index in [1.807, 2.05) is 67.6 Å². The third kappa shape index (κ3) is 4.33. The van der Waals surface area contributed by atoms with Crippen LogP contribution >= 0.6 is 0 Å². The molecule has 0 aliphatic rings. The van der Waals surface area contributed by atoms with E-state index in [0.717, 1.165) is 11.1 Å². The van der Waals surface area contributed by atoms with Crippen molar-refractivity contribution in [2.75, 3.05) is 19.9 Å². The van der Waals surface area contributed by atoms with Crippen LogP contribution in [0.3, 0.4) is 0 Å². The molecule has 0 aliphatic heterocycles. The van der Waals surface area contributed by atoms with Crippen LogP contribution in [0.1, 0.15) is 24.2 Å². The summed E-state index contributed by atoms with van der Waals surface area (Å²) in [6.07, 6.45) is 0.437. The zero-order valence-corrected chi connectivity index (χ0v) is 16.0. The predicted molar refractivity (Wildman–Crippen MR) is 101 cm³/mol. The van der Waals surface area contributed by atoms with Gasteiger partial charge >= 0.3 is 0 Å². The molecule has 0 saturated heterocycles. The first-order valence-corrected chi connectivity index (χ1v) is 11.5. The highest BCUT2D eigenvalue weighted by Gasteiger charge is 2.43. The van der Waals surface area contributed by atoms with Crippen molar-refractivity contribution in [2.45, 2.75) is 31.3 Å². The quantitative estimate of drug-likeness (QED) is 0.733. The minimum atomic E-state index is -2.12. The van der Waals surface area contributed by atoms with E-state index in [9.17, 15) is 5.11 Å². The largest absolute Gasteiger partial charge is 0.389 e. The van der Waals surface area contributed by atoms with Gasteiger partial charge in [0.15, 0.2) is 0 Å². The lowest BCUT2D eigenvalue weighted by molar-refractivity contribution is 0.0101. The lowest BCUT2D eigenvalue weighted by atomic mass is 10.1. The van der Waals surface area contributed by atoms with E-state index in [1.165, 1.54) is 0 Å². The molecule has 0 saturated carbocycles. The van der Waals surface area contributed by atoms with Gasteiger partial charge in [-0.2, -0.15) is 0 Å². The van der Waals surface area contributed by atoms with E-state index in [1.54, 1.807) is 7.11 Å². The van der Waals surface area contributed by atoms with E-state index in [2.05, 4.69) is 13.1 Å². The first-order chi connectivity index (χ1) is 11.4. The van der Waals surface area contributed by atoms with Gasteiger partial charge in [0, 0.05) is 13.3 Å². The summed E-state index contributed by atoms with van der Waals surface area (Å²) in [6, 6.07) is 20.0. The SMILES string of the molecule is COC[C@@H](OC[Si](C)(C)[C@@](C)(O)c1ccccc1)c1ccccc1. The van der Waals surface area contributed by atoms with Crippen LogP contribution in [-0.2, 0) is 14.7 Å². The van der Waals surface area contributed by atoms with Gasteiger partial charge in [-0.05, 0) is 18.1 Å². The fourth-order valence-corrected chi connectivity index (χ4v) is 4.51. The molecule has 2 aromatic rings. The number of ether oxygens (including phenoxy) is 2. The maximum atomic E-state index is 11.2. The van der Waals surface area contributed by atoms with Gasteiger partial charge in [-0.3, -0.25) is 0 Å². The second kappa shape index (κ2) is 8.08. The molecule has 2 aromatic carbocycles. The summed E-state index contributed by atoms with van der Waals surface area (Å²) >= 11 is 0. The Bertz CT molecular complexity index is 611. The van der Waals surface area contributed by atoms with E-state index in [-0.39, 0.29) is 6.10 Å². The van der Waals surface area contributed by atoms with E-state index in [4.69, 9.17) is 9.47 Å². The predicted octanol–water partition coefficient (Wildman–Crippen LogP) is 4.09. The number of hydrogen-bond acceptors (Lipinski definition) is 3. The van der Waals surface area contributed by atoms with Crippen LogP contribution in [0.2, 0.25) is 13.1 Å². The summed E-state index contributed by atoms with van der Waals surface area (Å²) in [5.74, 6) is 0. The molecule has 0 bridgehead atoms. The number of hydrogen-bond donors (Lipinski definition) is 1. The van der Waals surface area contributed by atoms with Gasteiger partial charge in [-0.15, -0.1) is 0 Å². The molecule has 0 amide bonds. The molecule has 2 atom stereocenters. The van der Waals surface area contributed by atoms with E-state index in [0.29, 0.717) is 12.8 Å². The van der Waals surface area contributed by atoms with Crippen molar-refractivity contribution in [3.05, 3.63) is 71.8 Å². The monoisotopic (exact) mass is 344 g/mol. The highest BCUT2D eigenvalue weighted by atomic mass is 28.3. The third-order valence-electron chi connectivity index (χ3n) is 4.79. The molecule has 0 heterocycles. The smallest absolute Gasteiger partial charge is 0.119 e. The summed E-state index contributed by atoms with van der Waals surface area (Å²) in [4.78, 5) is 0. The minimum absolute atomic E-state index is 0.116. The van der Waals surface area contributed by atoms with Gasteiger partial charge in [0.2, 0.25) is 0 Å².